The van der Waals surface area contributed by atoms with Gasteiger partial charge in [-0.15, -0.1) is 0 Å². The van der Waals surface area contributed by atoms with E-state index in [1.54, 1.807) is 6.92 Å². The lowest BCUT2D eigenvalue weighted by Gasteiger charge is -2.29. The molecule has 0 radical (unpaired) electrons. The van der Waals surface area contributed by atoms with E-state index in [2.05, 4.69) is 4.99 Å². The summed E-state index contributed by atoms with van der Waals surface area (Å²) >= 11 is 0. The molecule has 0 fully saturated rings. The van der Waals surface area contributed by atoms with Gasteiger partial charge in [-0.1, -0.05) is 0 Å². The van der Waals surface area contributed by atoms with Crippen molar-refractivity contribution < 1.29 is 33.8 Å². The van der Waals surface area contributed by atoms with Gasteiger partial charge in [-0.25, -0.2) is 0 Å². The number of hydrogen-bond donors (Lipinski definition) is 6. The lowest BCUT2D eigenvalue weighted by atomic mass is 10.2. The van der Waals surface area contributed by atoms with Gasteiger partial charge in [0.2, 0.25) is 0 Å². The summed E-state index contributed by atoms with van der Waals surface area (Å²) in [5, 5.41) is 6.17. The summed E-state index contributed by atoms with van der Waals surface area (Å²) in [5.74, 6) is 0.329. The zero-order valence-electron chi connectivity index (χ0n) is 9.80. The first-order valence-corrected chi connectivity index (χ1v) is 8.24. The Morgan fingerprint density at radius 3 is 1.94 bits per heavy atom. The van der Waals surface area contributed by atoms with Crippen molar-refractivity contribution in [2.24, 2.45) is 10.7 Å². The Labute approximate surface area is 104 Å². The van der Waals surface area contributed by atoms with E-state index in [0.29, 0.717) is 5.84 Å². The van der Waals surface area contributed by atoms with E-state index in [4.69, 9.17) is 25.3 Å². The summed E-state index contributed by atoms with van der Waals surface area (Å²) in [5.41, 5.74) is 5.25. The Balaban J connectivity index is 4.63. The molecule has 0 saturated carbocycles. The van der Waals surface area contributed by atoms with Crippen molar-refractivity contribution >= 4 is 21.0 Å². The van der Waals surface area contributed by atoms with E-state index in [9.17, 15) is 14.2 Å². The molecule has 0 atom stereocenters. The topological polar surface area (TPSA) is 174 Å². The third-order valence-electron chi connectivity index (χ3n) is 2.21. The van der Waals surface area contributed by atoms with Gasteiger partial charge < -0.3 is 30.4 Å². The maximum atomic E-state index is 11.0. The highest BCUT2D eigenvalue weighted by atomic mass is 31.2. The van der Waals surface area contributed by atoms with E-state index in [1.807, 2.05) is 0 Å². The molecule has 0 rings (SSSR count). The fourth-order valence-electron chi connectivity index (χ4n) is 1.19. The Bertz CT molecular complexity index is 373. The van der Waals surface area contributed by atoms with Gasteiger partial charge in [-0.2, -0.15) is 0 Å². The van der Waals surface area contributed by atoms with Crippen molar-refractivity contribution in [3.05, 3.63) is 0 Å². The van der Waals surface area contributed by atoms with Crippen LogP contribution in [0.2, 0.25) is 0 Å². The standard InChI is InChI=1S/C7H18N2O7P2/c1-6(8)9-5-3-2-4-7(10,17(11,12)13)18(14,15)16/h10H,2-5H2,1H3,(H2,8,9)(H2,11,12,13)(H2,14,15,16). The predicted molar refractivity (Wildman–Crippen MR) is 65.1 cm³/mol. The van der Waals surface area contributed by atoms with Crippen LogP contribution in [0.25, 0.3) is 0 Å². The van der Waals surface area contributed by atoms with Crippen molar-refractivity contribution in [2.45, 2.75) is 31.3 Å². The molecular formula is C7H18N2O7P2. The average molecular weight is 304 g/mol. The van der Waals surface area contributed by atoms with E-state index in [1.165, 1.54) is 0 Å². The quantitative estimate of drug-likeness (QED) is 0.158. The summed E-state index contributed by atoms with van der Waals surface area (Å²) < 4.78 is 22.0. The first-order chi connectivity index (χ1) is 7.92. The SMILES string of the molecule is CC(N)=NCCCCC(O)(P(=O)(O)O)P(=O)(O)O. The molecular weight excluding hydrogens is 286 g/mol. The molecule has 7 N–H and O–H groups in total. The molecule has 0 aliphatic heterocycles. The number of aliphatic imine (C=N–C) groups is 1. The van der Waals surface area contributed by atoms with Crippen molar-refractivity contribution in [2.75, 3.05) is 6.54 Å². The Kier molecular flexibility index (Phi) is 6.16. The summed E-state index contributed by atoms with van der Waals surface area (Å²) in [7, 11) is -10.7. The van der Waals surface area contributed by atoms with Gasteiger partial charge in [0.05, 0.1) is 5.84 Å². The molecule has 0 saturated heterocycles. The summed E-state index contributed by atoms with van der Waals surface area (Å²) in [6.45, 7) is 1.81. The molecule has 0 unspecified atom stereocenters. The smallest absolute Gasteiger partial charge is 0.369 e. The van der Waals surface area contributed by atoms with E-state index in [0.717, 1.165) is 0 Å². The van der Waals surface area contributed by atoms with Crippen LogP contribution in [0.4, 0.5) is 0 Å². The molecule has 0 bridgehead atoms. The number of unbranched alkanes of at least 4 members (excludes halogenated alkanes) is 1. The lowest BCUT2D eigenvalue weighted by Crippen LogP contribution is -2.28. The van der Waals surface area contributed by atoms with Crippen LogP contribution in [0.5, 0.6) is 0 Å². The number of rotatable bonds is 7. The second-order valence-corrected chi connectivity index (χ2v) is 7.85. The Morgan fingerprint density at radius 1 is 1.17 bits per heavy atom. The number of nitrogens with two attached hydrogens (primary N) is 1. The highest BCUT2D eigenvalue weighted by Crippen LogP contribution is 2.69. The van der Waals surface area contributed by atoms with Gasteiger partial charge >= 0.3 is 15.2 Å². The van der Waals surface area contributed by atoms with Crippen LogP contribution in [0, 0.1) is 0 Å². The first-order valence-electron chi connectivity index (χ1n) is 5.02. The average Bonchev–Trinajstić information content (AvgIpc) is 2.12. The summed E-state index contributed by atoms with van der Waals surface area (Å²) in [6.07, 6.45) is -0.443. The van der Waals surface area contributed by atoms with Crippen LogP contribution < -0.4 is 5.73 Å². The molecule has 0 aromatic rings. The third-order valence-corrected chi connectivity index (χ3v) is 6.09. The van der Waals surface area contributed by atoms with Crippen molar-refractivity contribution in [3.8, 4) is 0 Å². The molecule has 0 aliphatic carbocycles. The molecule has 0 aromatic carbocycles. The number of nitrogens with zero attached hydrogens (tertiary/aromatic N) is 1. The minimum atomic E-state index is -5.35. The third kappa shape index (κ3) is 4.78. The molecule has 108 valence electrons. The first kappa shape index (κ1) is 17.7. The molecule has 0 aromatic heterocycles. The molecule has 0 heterocycles. The monoisotopic (exact) mass is 304 g/mol. The van der Waals surface area contributed by atoms with Crippen molar-refractivity contribution in [3.63, 3.8) is 0 Å². The Morgan fingerprint density at radius 2 is 1.61 bits per heavy atom. The summed E-state index contributed by atoms with van der Waals surface area (Å²) in [6, 6.07) is 0. The minimum Gasteiger partial charge on any atom is -0.388 e. The minimum absolute atomic E-state index is 0.0104. The maximum absolute atomic E-state index is 11.0. The van der Waals surface area contributed by atoms with Crippen LogP contribution in [0.1, 0.15) is 26.2 Å². The fourth-order valence-corrected chi connectivity index (χ4v) is 3.45. The zero-order chi connectivity index (χ0) is 14.6. The maximum Gasteiger partial charge on any atom is 0.369 e. The van der Waals surface area contributed by atoms with Gasteiger partial charge in [0.25, 0.3) is 5.08 Å². The number of amidine groups is 1. The van der Waals surface area contributed by atoms with Crippen LogP contribution in [-0.4, -0.2) is 42.1 Å². The van der Waals surface area contributed by atoms with Gasteiger partial charge in [-0.05, 0) is 26.2 Å². The van der Waals surface area contributed by atoms with E-state index >= 15 is 0 Å². The van der Waals surface area contributed by atoms with Gasteiger partial charge in [0, 0.05) is 6.54 Å². The normalized spacial score (nSPS) is 14.9. The molecule has 9 nitrogen and oxygen atoms in total. The highest BCUT2D eigenvalue weighted by Gasteiger charge is 2.58. The van der Waals surface area contributed by atoms with Crippen LogP contribution >= 0.6 is 15.2 Å². The molecule has 18 heavy (non-hydrogen) atoms. The van der Waals surface area contributed by atoms with E-state index in [-0.39, 0.29) is 19.4 Å². The van der Waals surface area contributed by atoms with Crippen LogP contribution in [0.3, 0.4) is 0 Å². The second kappa shape index (κ2) is 6.25. The number of aliphatic hydroxyl groups is 1. The highest BCUT2D eigenvalue weighted by molar-refractivity contribution is 7.72. The van der Waals surface area contributed by atoms with Gasteiger partial charge in [0.1, 0.15) is 0 Å². The van der Waals surface area contributed by atoms with Crippen LogP contribution in [-0.2, 0) is 9.13 Å². The zero-order valence-corrected chi connectivity index (χ0v) is 11.6. The predicted octanol–water partition coefficient (Wildman–Crippen LogP) is -0.465. The summed E-state index contributed by atoms with van der Waals surface area (Å²) in [4.78, 5) is 39.1. The Hall–Kier alpha value is -0.270. The fraction of sp³-hybridized carbons (Fsp3) is 0.857. The molecule has 0 aliphatic rings. The van der Waals surface area contributed by atoms with Gasteiger partial charge in [-0.3, -0.25) is 14.1 Å². The second-order valence-electron chi connectivity index (χ2n) is 3.84. The lowest BCUT2D eigenvalue weighted by molar-refractivity contribution is 0.120. The molecule has 0 amide bonds. The van der Waals surface area contributed by atoms with Gasteiger partial charge in [0.15, 0.2) is 0 Å². The van der Waals surface area contributed by atoms with E-state index < -0.39 is 26.7 Å². The van der Waals surface area contributed by atoms with Crippen molar-refractivity contribution in [1.29, 1.82) is 0 Å². The largest absolute Gasteiger partial charge is 0.388 e. The number of hydrogen-bond acceptors (Lipinski definition) is 4. The molecule has 0 spiro atoms. The molecule has 11 heteroatoms. The van der Waals surface area contributed by atoms with Crippen molar-refractivity contribution in [1.82, 2.24) is 0 Å². The van der Waals surface area contributed by atoms with Crippen LogP contribution in [0.15, 0.2) is 4.99 Å².